The number of nitrogens with zero attached hydrogens (tertiary/aromatic N) is 3. The predicted molar refractivity (Wildman–Crippen MR) is 77.8 cm³/mol. The van der Waals surface area contributed by atoms with E-state index in [0.29, 0.717) is 23.4 Å². The molecule has 0 fully saturated rings. The van der Waals surface area contributed by atoms with Crippen LogP contribution in [-0.2, 0) is 6.42 Å². The second-order valence-corrected chi connectivity index (χ2v) is 4.60. The molecule has 0 aliphatic heterocycles. The second kappa shape index (κ2) is 6.13. The van der Waals surface area contributed by atoms with Crippen LogP contribution < -0.4 is 5.32 Å². The zero-order chi connectivity index (χ0) is 15.4. The van der Waals surface area contributed by atoms with Gasteiger partial charge in [-0.2, -0.15) is 5.10 Å². The van der Waals surface area contributed by atoms with Gasteiger partial charge in [0, 0.05) is 36.3 Å². The molecule has 0 unspecified atom stereocenters. The van der Waals surface area contributed by atoms with Crippen molar-refractivity contribution >= 4 is 11.6 Å². The van der Waals surface area contributed by atoms with Gasteiger partial charge in [-0.3, -0.25) is 19.9 Å². The van der Waals surface area contributed by atoms with E-state index in [0.717, 1.165) is 5.69 Å². The first-order valence-corrected chi connectivity index (χ1v) is 6.56. The predicted octanol–water partition coefficient (Wildman–Crippen LogP) is 2.18. The highest BCUT2D eigenvalue weighted by molar-refractivity contribution is 6.03. The van der Waals surface area contributed by atoms with Gasteiger partial charge in [-0.1, -0.05) is 0 Å². The molecule has 0 radical (unpaired) electrons. The lowest BCUT2D eigenvalue weighted by Gasteiger charge is -2.05. The van der Waals surface area contributed by atoms with E-state index in [1.807, 2.05) is 0 Å². The third-order valence-electron chi connectivity index (χ3n) is 3.04. The summed E-state index contributed by atoms with van der Waals surface area (Å²) in [5.74, 6) is -0.703. The summed E-state index contributed by atoms with van der Waals surface area (Å²) in [6.45, 7) is 0. The van der Waals surface area contributed by atoms with Gasteiger partial charge in [0.2, 0.25) is 0 Å². The number of halogens is 1. The molecule has 2 heterocycles. The smallest absolute Gasteiger partial charge is 0.273 e. The summed E-state index contributed by atoms with van der Waals surface area (Å²) in [6.07, 6.45) is 6.83. The number of carbonyl (C=O) groups excluding carboxylic acids is 1. The molecule has 0 saturated carbocycles. The fourth-order valence-electron chi connectivity index (χ4n) is 1.98. The van der Waals surface area contributed by atoms with E-state index >= 15 is 0 Å². The maximum Gasteiger partial charge on any atom is 0.273 e. The summed E-state index contributed by atoms with van der Waals surface area (Å²) >= 11 is 0. The van der Waals surface area contributed by atoms with Crippen molar-refractivity contribution in [1.82, 2.24) is 20.2 Å². The molecule has 0 atom stereocenters. The maximum absolute atomic E-state index is 12.9. The summed E-state index contributed by atoms with van der Waals surface area (Å²) in [5, 5.41) is 9.26. The topological polar surface area (TPSA) is 83.6 Å². The molecule has 3 rings (SSSR count). The molecule has 6 nitrogen and oxygen atoms in total. The lowest BCUT2D eigenvalue weighted by atomic mass is 10.1. The summed E-state index contributed by atoms with van der Waals surface area (Å²) < 4.78 is 12.9. The van der Waals surface area contributed by atoms with E-state index in [4.69, 9.17) is 0 Å². The SMILES string of the molecule is O=C(Nc1ccc(F)cc1)c1[nH]ncc1Cc1cnccn1. The van der Waals surface area contributed by atoms with Crippen molar-refractivity contribution in [2.24, 2.45) is 0 Å². The van der Waals surface area contributed by atoms with Crippen molar-refractivity contribution in [2.45, 2.75) is 6.42 Å². The summed E-state index contributed by atoms with van der Waals surface area (Å²) in [7, 11) is 0. The fraction of sp³-hybridized carbons (Fsp3) is 0.0667. The van der Waals surface area contributed by atoms with Gasteiger partial charge in [-0.15, -0.1) is 0 Å². The van der Waals surface area contributed by atoms with Crippen LogP contribution in [0.2, 0.25) is 0 Å². The lowest BCUT2D eigenvalue weighted by Crippen LogP contribution is -2.14. The number of aromatic nitrogens is 4. The Morgan fingerprint density at radius 1 is 1.18 bits per heavy atom. The summed E-state index contributed by atoms with van der Waals surface area (Å²) in [5.41, 5.74) is 2.29. The van der Waals surface area contributed by atoms with Crippen molar-refractivity contribution in [2.75, 3.05) is 5.32 Å². The lowest BCUT2D eigenvalue weighted by molar-refractivity contribution is 0.102. The van der Waals surface area contributed by atoms with Crippen molar-refractivity contribution in [3.8, 4) is 0 Å². The monoisotopic (exact) mass is 297 g/mol. The van der Waals surface area contributed by atoms with Crippen LogP contribution >= 0.6 is 0 Å². The first kappa shape index (κ1) is 13.9. The number of carbonyl (C=O) groups is 1. The number of hydrogen-bond acceptors (Lipinski definition) is 4. The van der Waals surface area contributed by atoms with Gasteiger partial charge in [0.05, 0.1) is 11.9 Å². The molecular formula is C15H12FN5O. The highest BCUT2D eigenvalue weighted by Gasteiger charge is 2.15. The van der Waals surface area contributed by atoms with Crippen molar-refractivity contribution < 1.29 is 9.18 Å². The third kappa shape index (κ3) is 3.14. The average molecular weight is 297 g/mol. The Morgan fingerprint density at radius 3 is 2.73 bits per heavy atom. The minimum Gasteiger partial charge on any atom is -0.321 e. The van der Waals surface area contributed by atoms with Gasteiger partial charge in [0.1, 0.15) is 11.5 Å². The molecule has 22 heavy (non-hydrogen) atoms. The highest BCUT2D eigenvalue weighted by Crippen LogP contribution is 2.13. The van der Waals surface area contributed by atoms with Gasteiger partial charge in [0.25, 0.3) is 5.91 Å². The molecule has 2 N–H and O–H groups in total. The molecule has 0 bridgehead atoms. The van der Waals surface area contributed by atoms with Crippen LogP contribution in [0.15, 0.2) is 49.1 Å². The van der Waals surface area contributed by atoms with Crippen LogP contribution in [0.3, 0.4) is 0 Å². The Kier molecular flexibility index (Phi) is 3.86. The van der Waals surface area contributed by atoms with Crippen molar-refractivity contribution in [1.29, 1.82) is 0 Å². The molecule has 0 saturated heterocycles. The summed E-state index contributed by atoms with van der Waals surface area (Å²) in [4.78, 5) is 20.4. The average Bonchev–Trinajstić information content (AvgIpc) is 2.99. The number of nitrogens with one attached hydrogen (secondary N) is 2. The van der Waals surface area contributed by atoms with Gasteiger partial charge >= 0.3 is 0 Å². The van der Waals surface area contributed by atoms with E-state index in [-0.39, 0.29) is 11.7 Å². The molecule has 1 aromatic carbocycles. The zero-order valence-electron chi connectivity index (χ0n) is 11.5. The van der Waals surface area contributed by atoms with Crippen LogP contribution in [0.1, 0.15) is 21.7 Å². The zero-order valence-corrected chi connectivity index (χ0v) is 11.5. The van der Waals surface area contributed by atoms with Crippen LogP contribution in [-0.4, -0.2) is 26.1 Å². The number of benzene rings is 1. The second-order valence-electron chi connectivity index (χ2n) is 4.60. The van der Waals surface area contributed by atoms with Crippen LogP contribution in [0.25, 0.3) is 0 Å². The highest BCUT2D eigenvalue weighted by atomic mass is 19.1. The van der Waals surface area contributed by atoms with Gasteiger partial charge in [-0.05, 0) is 24.3 Å². The number of H-pyrrole nitrogens is 1. The van der Waals surface area contributed by atoms with Gasteiger partial charge < -0.3 is 5.32 Å². The number of amides is 1. The van der Waals surface area contributed by atoms with Crippen LogP contribution in [0.5, 0.6) is 0 Å². The minimum atomic E-state index is -0.358. The van der Waals surface area contributed by atoms with E-state index in [1.165, 1.54) is 24.3 Å². The molecule has 7 heteroatoms. The molecular weight excluding hydrogens is 285 g/mol. The Bertz CT molecular complexity index is 770. The molecule has 110 valence electrons. The van der Waals surface area contributed by atoms with Crippen molar-refractivity contribution in [3.63, 3.8) is 0 Å². The van der Waals surface area contributed by atoms with E-state index < -0.39 is 0 Å². The number of anilines is 1. The van der Waals surface area contributed by atoms with Crippen LogP contribution in [0, 0.1) is 5.82 Å². The number of hydrogen-bond donors (Lipinski definition) is 2. The largest absolute Gasteiger partial charge is 0.321 e. The van der Waals surface area contributed by atoms with E-state index in [2.05, 4.69) is 25.5 Å². The normalized spacial score (nSPS) is 10.4. The number of aromatic amines is 1. The quantitative estimate of drug-likeness (QED) is 0.773. The Hall–Kier alpha value is -3.09. The molecule has 3 aromatic rings. The third-order valence-corrected chi connectivity index (χ3v) is 3.04. The van der Waals surface area contributed by atoms with Gasteiger partial charge in [0.15, 0.2) is 0 Å². The Balaban J connectivity index is 1.76. The first-order chi connectivity index (χ1) is 10.7. The maximum atomic E-state index is 12.9. The Morgan fingerprint density at radius 2 is 2.00 bits per heavy atom. The van der Waals surface area contributed by atoms with E-state index in [1.54, 1.807) is 24.8 Å². The van der Waals surface area contributed by atoms with Crippen molar-refractivity contribution in [3.05, 3.63) is 71.8 Å². The Labute approximate surface area is 125 Å². The molecule has 2 aromatic heterocycles. The summed E-state index contributed by atoms with van der Waals surface area (Å²) in [6, 6.07) is 5.55. The van der Waals surface area contributed by atoms with Crippen LogP contribution in [0.4, 0.5) is 10.1 Å². The first-order valence-electron chi connectivity index (χ1n) is 6.56. The molecule has 0 aliphatic rings. The minimum absolute atomic E-state index is 0.343. The van der Waals surface area contributed by atoms with Gasteiger partial charge in [-0.25, -0.2) is 4.39 Å². The standard InChI is InChI=1S/C15H12FN5O/c16-11-1-3-12(4-2-11)20-15(22)14-10(8-19-21-14)7-13-9-17-5-6-18-13/h1-6,8-9H,7H2,(H,19,21)(H,20,22). The molecule has 0 aliphatic carbocycles. The van der Waals surface area contributed by atoms with E-state index in [9.17, 15) is 9.18 Å². The molecule has 0 spiro atoms. The molecule has 1 amide bonds. The number of rotatable bonds is 4. The fourth-order valence-corrected chi connectivity index (χ4v) is 1.98.